The van der Waals surface area contributed by atoms with Crippen LogP contribution < -0.4 is 21.3 Å². The highest BCUT2D eigenvalue weighted by Gasteiger charge is 2.45. The molecule has 3 saturated heterocycles. The number of rotatable bonds is 11. The van der Waals surface area contributed by atoms with Gasteiger partial charge in [0.2, 0.25) is 23.7 Å². The van der Waals surface area contributed by atoms with E-state index >= 15 is 0 Å². The number of carbonyl (C=O) groups is 4. The number of para-hydroxylation sites is 1. The number of nitrogens with two attached hydrogens (primary N) is 1. The molecule has 0 saturated carbocycles. The van der Waals surface area contributed by atoms with Crippen LogP contribution in [0, 0.1) is 18.3 Å². The van der Waals surface area contributed by atoms with E-state index in [1.807, 2.05) is 81.2 Å². The Balaban J connectivity index is 0.767. The number of piperidine rings is 2. The van der Waals surface area contributed by atoms with Crippen LogP contribution in [-0.2, 0) is 14.4 Å². The zero-order valence-corrected chi connectivity index (χ0v) is 40.8. The number of hydrogen-bond donors (Lipinski definition) is 5. The van der Waals surface area contributed by atoms with E-state index in [0.717, 1.165) is 40.1 Å². The number of thiazole rings is 1. The van der Waals surface area contributed by atoms with Gasteiger partial charge in [0, 0.05) is 63.0 Å². The van der Waals surface area contributed by atoms with Gasteiger partial charge in [-0.15, -0.1) is 21.5 Å². The van der Waals surface area contributed by atoms with Crippen LogP contribution in [0.1, 0.15) is 93.5 Å². The van der Waals surface area contributed by atoms with E-state index in [2.05, 4.69) is 45.8 Å². The highest BCUT2D eigenvalue weighted by Crippen LogP contribution is 2.34. The van der Waals surface area contributed by atoms with Gasteiger partial charge >= 0.3 is 0 Å². The maximum atomic E-state index is 14.3. The fourth-order valence-corrected chi connectivity index (χ4v) is 10.6. The lowest BCUT2D eigenvalue weighted by Crippen LogP contribution is -2.59. The third-order valence-electron chi connectivity index (χ3n) is 13.8. The Labute approximate surface area is 409 Å². The molecule has 0 aliphatic carbocycles. The molecule has 4 atom stereocenters. The number of nitrogens with zero attached hydrogens (tertiary/aromatic N) is 10. The van der Waals surface area contributed by atoms with E-state index in [9.17, 15) is 29.4 Å². The molecule has 3 aliphatic heterocycles. The number of aryl methyl sites for hydroxylation is 1. The minimum atomic E-state index is -0.967. The summed E-state index contributed by atoms with van der Waals surface area (Å²) in [5.74, 6) is -0.858. The van der Waals surface area contributed by atoms with E-state index in [1.54, 1.807) is 46.8 Å². The number of benzene rings is 2. The zero-order valence-electron chi connectivity index (χ0n) is 39.9. The zero-order chi connectivity index (χ0) is 49.4. The van der Waals surface area contributed by atoms with Gasteiger partial charge in [0.25, 0.3) is 5.91 Å². The summed E-state index contributed by atoms with van der Waals surface area (Å²) in [5.41, 5.74) is 12.9. The molecule has 4 amide bonds. The lowest BCUT2D eigenvalue weighted by molar-refractivity contribution is -0.144. The minimum Gasteiger partial charge on any atom is -0.507 e. The average Bonchev–Trinajstić information content (AvgIpc) is 4.08. The summed E-state index contributed by atoms with van der Waals surface area (Å²) >= 11 is 1.57. The number of amides is 4. The normalized spacial score (nSPS) is 19.0. The van der Waals surface area contributed by atoms with Gasteiger partial charge in [0.1, 0.15) is 17.8 Å². The third kappa shape index (κ3) is 9.87. The van der Waals surface area contributed by atoms with Gasteiger partial charge in [0.15, 0.2) is 11.3 Å². The van der Waals surface area contributed by atoms with Crippen LogP contribution in [0.15, 0.2) is 72.5 Å². The summed E-state index contributed by atoms with van der Waals surface area (Å²) in [4.78, 5) is 75.4. The van der Waals surface area contributed by atoms with Crippen LogP contribution >= 0.6 is 11.3 Å². The fourth-order valence-electron chi connectivity index (χ4n) is 9.76. The highest BCUT2D eigenvalue weighted by molar-refractivity contribution is 7.13. The molecule has 3 aliphatic rings. The smallest absolute Gasteiger partial charge is 0.256 e. The van der Waals surface area contributed by atoms with Crippen molar-refractivity contribution in [1.29, 1.82) is 0 Å². The predicted molar refractivity (Wildman–Crippen MR) is 264 cm³/mol. The largest absolute Gasteiger partial charge is 0.507 e. The molecular formula is C50H59N13O6S. The standard InChI is InChI=1S/C50H59N13O6S/c1-28(30-10-12-31(13-11-30)42-29(2)54-27-70-42)55-46(67)39-22-35(64)26-62(39)48(69)43(50(3,4)5)56-45(66)32-14-18-60(19-15-32)47(68)33-24-52-49(53-25-33)61-20-16-34(17-21-61)63-38-23-37(36-8-6-7-9-40(36)65)57-58-41(38)44(51)59-63/h6-13,23-25,27-28,32,34-35,39,43,64-65H,14-22,26H2,1-5H3,(H2,51,59)(H,55,67)(H,56,66)/t28-,35+,39-,43+/m0/s1. The van der Waals surface area contributed by atoms with Crippen LogP contribution in [0.5, 0.6) is 5.75 Å². The van der Waals surface area contributed by atoms with Crippen molar-refractivity contribution in [2.24, 2.45) is 11.3 Å². The van der Waals surface area contributed by atoms with Crippen molar-refractivity contribution < 1.29 is 29.4 Å². The molecule has 4 aromatic heterocycles. The SMILES string of the molecule is Cc1ncsc1-c1ccc([C@H](C)NC(=O)[C@@H]2C[C@@H](O)CN2C(=O)[C@@H](NC(=O)C2CCN(C(=O)c3cnc(N4CCC(n5nc(N)c6nnc(-c7ccccc7O)cc65)CC4)nc3)CC2)C(C)(C)C)cc1. The average molecular weight is 970 g/mol. The van der Waals surface area contributed by atoms with Crippen LogP contribution in [0.25, 0.3) is 32.7 Å². The third-order valence-corrected chi connectivity index (χ3v) is 14.8. The molecule has 0 unspecified atom stereocenters. The summed E-state index contributed by atoms with van der Waals surface area (Å²) in [6.07, 6.45) is 4.52. The number of nitrogens with one attached hydrogen (secondary N) is 2. The molecule has 70 heavy (non-hydrogen) atoms. The summed E-state index contributed by atoms with van der Waals surface area (Å²) in [5, 5.41) is 40.4. The molecule has 6 N–H and O–H groups in total. The molecule has 9 rings (SSSR count). The first-order chi connectivity index (χ1) is 33.5. The number of aromatic hydroxyl groups is 1. The number of β-amino-alcohol motifs (C(OH)–C–C–N with tert-alkyl or cyclic N) is 1. The number of hydrogen-bond acceptors (Lipinski definition) is 15. The number of carbonyl (C=O) groups excluding carboxylic acids is 4. The molecule has 0 bridgehead atoms. The van der Waals surface area contributed by atoms with Gasteiger partial charge in [-0.1, -0.05) is 57.2 Å². The first-order valence-electron chi connectivity index (χ1n) is 23.8. The number of likely N-dealkylation sites (tertiary alicyclic amines) is 2. The predicted octanol–water partition coefficient (Wildman–Crippen LogP) is 5.07. The second kappa shape index (κ2) is 19.7. The number of fused-ring (bicyclic) bond motifs is 1. The lowest BCUT2D eigenvalue weighted by atomic mass is 9.84. The van der Waals surface area contributed by atoms with Crippen LogP contribution in [0.3, 0.4) is 0 Å². The van der Waals surface area contributed by atoms with E-state index in [-0.39, 0.29) is 54.3 Å². The number of nitrogen functional groups attached to an aromatic ring is 1. The number of aliphatic hydroxyl groups excluding tert-OH is 1. The molecule has 19 nitrogen and oxygen atoms in total. The molecule has 7 heterocycles. The monoisotopic (exact) mass is 969 g/mol. The summed E-state index contributed by atoms with van der Waals surface area (Å²) < 4.78 is 1.89. The Kier molecular flexibility index (Phi) is 13.5. The van der Waals surface area contributed by atoms with Crippen LogP contribution in [-0.4, -0.2) is 129 Å². The van der Waals surface area contributed by atoms with Gasteiger partial charge in [-0.3, -0.25) is 23.9 Å². The van der Waals surface area contributed by atoms with Gasteiger partial charge in [-0.05, 0) is 74.3 Å². The van der Waals surface area contributed by atoms with Crippen molar-refractivity contribution in [2.75, 3.05) is 43.4 Å². The number of aromatic nitrogens is 7. The summed E-state index contributed by atoms with van der Waals surface area (Å²) in [6.45, 7) is 11.3. The molecule has 0 radical (unpaired) electrons. The first kappa shape index (κ1) is 48.0. The minimum absolute atomic E-state index is 0.0252. The van der Waals surface area contributed by atoms with E-state index in [1.165, 1.54) is 4.90 Å². The number of aliphatic hydroxyl groups is 1. The van der Waals surface area contributed by atoms with Gasteiger partial charge < -0.3 is 41.3 Å². The molecule has 20 heteroatoms. The van der Waals surface area contributed by atoms with E-state index in [4.69, 9.17) is 5.73 Å². The Hall–Kier alpha value is -7.06. The second-order valence-corrected chi connectivity index (χ2v) is 20.5. The highest BCUT2D eigenvalue weighted by atomic mass is 32.1. The molecule has 0 spiro atoms. The fraction of sp³-hybridized carbons (Fsp3) is 0.440. The molecule has 3 fully saturated rings. The van der Waals surface area contributed by atoms with Gasteiger partial charge in [0.05, 0.1) is 51.0 Å². The number of phenolic OH excluding ortho intramolecular Hbond substituents is 1. The van der Waals surface area contributed by atoms with E-state index in [0.29, 0.717) is 67.3 Å². The van der Waals surface area contributed by atoms with Crippen molar-refractivity contribution in [2.45, 2.75) is 97.0 Å². The van der Waals surface area contributed by atoms with Gasteiger partial charge in [-0.2, -0.15) is 5.10 Å². The number of phenols is 1. The Morgan fingerprint density at radius 1 is 0.886 bits per heavy atom. The van der Waals surface area contributed by atoms with Crippen molar-refractivity contribution >= 4 is 57.8 Å². The van der Waals surface area contributed by atoms with Crippen molar-refractivity contribution in [3.8, 4) is 27.4 Å². The second-order valence-electron chi connectivity index (χ2n) is 19.7. The maximum Gasteiger partial charge on any atom is 0.256 e. The topological polar surface area (TPSA) is 251 Å². The van der Waals surface area contributed by atoms with Gasteiger partial charge in [-0.25, -0.2) is 15.0 Å². The Bertz CT molecular complexity index is 2880. The van der Waals surface area contributed by atoms with Crippen LogP contribution in [0.2, 0.25) is 0 Å². The van der Waals surface area contributed by atoms with E-state index < -0.39 is 35.4 Å². The Morgan fingerprint density at radius 3 is 2.24 bits per heavy atom. The van der Waals surface area contributed by atoms with Crippen molar-refractivity contribution in [1.82, 2.24) is 55.4 Å². The van der Waals surface area contributed by atoms with Crippen molar-refractivity contribution in [3.05, 3.63) is 89.3 Å². The lowest BCUT2D eigenvalue weighted by Gasteiger charge is -2.37. The molecule has 366 valence electrons. The summed E-state index contributed by atoms with van der Waals surface area (Å²) in [7, 11) is 0. The first-order valence-corrected chi connectivity index (χ1v) is 24.7. The quantitative estimate of drug-likeness (QED) is 0.114. The van der Waals surface area contributed by atoms with Crippen LogP contribution in [0.4, 0.5) is 11.8 Å². The molecular weight excluding hydrogens is 911 g/mol. The molecule has 2 aromatic carbocycles. The summed E-state index contributed by atoms with van der Waals surface area (Å²) in [6, 6.07) is 14.5. The Morgan fingerprint density at radius 2 is 1.59 bits per heavy atom. The molecule has 6 aromatic rings. The van der Waals surface area contributed by atoms with Crippen molar-refractivity contribution in [3.63, 3.8) is 0 Å². The number of anilines is 2. The maximum absolute atomic E-state index is 14.3.